The molecule has 0 spiro atoms. The molecule has 0 aliphatic heterocycles. The highest BCUT2D eigenvalue weighted by Gasteiger charge is 2.18. The Morgan fingerprint density at radius 3 is 1.83 bits per heavy atom. The third-order valence-corrected chi connectivity index (χ3v) is 8.16. The summed E-state index contributed by atoms with van der Waals surface area (Å²) >= 11 is 5.16. The van der Waals surface area contributed by atoms with Gasteiger partial charge in [0.15, 0.2) is 28.2 Å². The van der Waals surface area contributed by atoms with Crippen molar-refractivity contribution in [1.29, 1.82) is 0 Å². The molecule has 17 heteroatoms. The van der Waals surface area contributed by atoms with Gasteiger partial charge in [0.05, 0.1) is 33.0 Å². The molecule has 7 aromatic rings. The number of nitrogens with one attached hydrogen (secondary N) is 2. The first-order valence-electron chi connectivity index (χ1n) is 16.1. The average Bonchev–Trinajstić information content (AvgIpc) is 3.67. The summed E-state index contributed by atoms with van der Waals surface area (Å²) in [5, 5.41) is 13.7. The summed E-state index contributed by atoms with van der Waals surface area (Å²) in [6.07, 6.45) is 6.22. The largest absolute Gasteiger partial charge is 0.495 e. The number of hydrogen-bond acceptors (Lipinski definition) is 11. The second-order valence-electron chi connectivity index (χ2n) is 11.6. The maximum atomic E-state index is 14.7. The number of ether oxygens (including phenoxy) is 4. The summed E-state index contributed by atoms with van der Waals surface area (Å²) in [7, 11) is 3.12. The number of nitrogens with two attached hydrogens (primary N) is 1. The Morgan fingerprint density at radius 2 is 1.31 bits per heavy atom. The van der Waals surface area contributed by atoms with Crippen LogP contribution >= 0.6 is 12.2 Å². The predicted molar refractivity (Wildman–Crippen MR) is 200 cm³/mol. The van der Waals surface area contributed by atoms with Crippen LogP contribution in [0.5, 0.6) is 34.8 Å². The first kappa shape index (κ1) is 36.9. The fraction of sp³-hybridized carbons (Fsp3) is 0.135. The van der Waals surface area contributed by atoms with E-state index in [2.05, 4.69) is 30.8 Å². The number of halogens is 2. The molecule has 0 saturated heterocycles. The van der Waals surface area contributed by atoms with Crippen LogP contribution in [-0.4, -0.2) is 54.4 Å². The van der Waals surface area contributed by atoms with Crippen LogP contribution < -0.4 is 35.3 Å². The van der Waals surface area contributed by atoms with Crippen molar-refractivity contribution in [1.82, 2.24) is 34.5 Å². The van der Waals surface area contributed by atoms with Gasteiger partial charge in [-0.15, -0.1) is 0 Å². The van der Waals surface area contributed by atoms with E-state index in [1.54, 1.807) is 47.8 Å². The molecule has 14 nitrogen and oxygen atoms in total. The van der Waals surface area contributed by atoms with E-state index in [4.69, 9.17) is 36.9 Å². The van der Waals surface area contributed by atoms with Crippen molar-refractivity contribution in [3.8, 4) is 34.8 Å². The SMILES string of the molecule is COc1cn2ncnc(Oc3ccc(N)cc3F)c2c1C.COc1cn2ncnc(Oc3ccc(NC(=S)NC(=O)Cc4ccccc4)cc3F)c2c1C. The lowest BCUT2D eigenvalue weighted by Crippen LogP contribution is -2.35. The molecular formula is C37H33F2N9O5S. The number of thiocarbonyl (C=S) groups is 1. The molecule has 0 bridgehead atoms. The topological polar surface area (TPSA) is 164 Å². The maximum absolute atomic E-state index is 14.7. The molecule has 1 amide bonds. The molecule has 4 N–H and O–H groups in total. The van der Waals surface area contributed by atoms with Crippen molar-refractivity contribution in [2.45, 2.75) is 20.3 Å². The maximum Gasteiger partial charge on any atom is 0.247 e. The minimum Gasteiger partial charge on any atom is -0.495 e. The third kappa shape index (κ3) is 8.26. The highest BCUT2D eigenvalue weighted by atomic mass is 32.1. The van der Waals surface area contributed by atoms with Gasteiger partial charge in [0.2, 0.25) is 17.7 Å². The van der Waals surface area contributed by atoms with Crippen molar-refractivity contribution >= 4 is 45.6 Å². The first-order valence-corrected chi connectivity index (χ1v) is 16.5. The first-order chi connectivity index (χ1) is 26.0. The number of hydrogen-bond donors (Lipinski definition) is 3. The molecule has 54 heavy (non-hydrogen) atoms. The zero-order valence-electron chi connectivity index (χ0n) is 29.3. The number of benzene rings is 3. The molecule has 276 valence electrons. The molecule has 0 unspecified atom stereocenters. The Morgan fingerprint density at radius 1 is 0.778 bits per heavy atom. The summed E-state index contributed by atoms with van der Waals surface area (Å²) in [4.78, 5) is 20.3. The van der Waals surface area contributed by atoms with Crippen molar-refractivity contribution in [2.24, 2.45) is 0 Å². The zero-order valence-corrected chi connectivity index (χ0v) is 30.1. The Hall–Kier alpha value is -6.88. The molecule has 0 saturated carbocycles. The normalized spacial score (nSPS) is 10.7. The van der Waals surface area contributed by atoms with E-state index in [0.717, 1.165) is 16.7 Å². The fourth-order valence-electron chi connectivity index (χ4n) is 5.36. The molecular weight excluding hydrogens is 721 g/mol. The van der Waals surface area contributed by atoms with E-state index in [9.17, 15) is 13.6 Å². The Balaban J connectivity index is 0.000000203. The standard InChI is InChI=1S/C23H20FN5O3S.C14H13FN4O2/c1-14-19(31-2)12-29-21(14)22(25-13-26-29)32-18-9-8-16(11-17(18)24)27-23(33)28-20(30)10-15-6-4-3-5-7-15;1-8-12(20-2)6-19-13(8)14(17-7-18-19)21-11-4-3-9(16)5-10(11)15/h3-9,11-13H,10H2,1-2H3,(H2,27,28,30,33);3-7H,16H2,1-2H3. The van der Waals surface area contributed by atoms with Crippen LogP contribution in [0.2, 0.25) is 0 Å². The summed E-state index contributed by atoms with van der Waals surface area (Å²) in [5.41, 5.74) is 9.82. The summed E-state index contributed by atoms with van der Waals surface area (Å²) in [6.45, 7) is 3.69. The van der Waals surface area contributed by atoms with Crippen molar-refractivity contribution < 1.29 is 32.5 Å². The minimum atomic E-state index is -0.633. The van der Waals surface area contributed by atoms with Gasteiger partial charge in [-0.2, -0.15) is 20.2 Å². The number of nitrogens with zero attached hydrogens (tertiary/aromatic N) is 6. The van der Waals surface area contributed by atoms with Crippen LogP contribution in [0.15, 0.2) is 91.8 Å². The molecule has 0 fully saturated rings. The molecule has 0 radical (unpaired) electrons. The van der Waals surface area contributed by atoms with E-state index < -0.39 is 11.6 Å². The number of methoxy groups -OCH3 is 2. The van der Waals surface area contributed by atoms with Crippen molar-refractivity contribution in [2.75, 3.05) is 25.3 Å². The van der Waals surface area contributed by atoms with E-state index in [1.165, 1.54) is 36.9 Å². The van der Waals surface area contributed by atoms with E-state index >= 15 is 0 Å². The number of carbonyl (C=O) groups excluding carboxylic acids is 1. The number of fused-ring (bicyclic) bond motifs is 2. The number of aryl methyl sites for hydroxylation is 2. The molecule has 0 aliphatic carbocycles. The van der Waals surface area contributed by atoms with Gasteiger partial charge in [0.25, 0.3) is 0 Å². The van der Waals surface area contributed by atoms with Crippen molar-refractivity contribution in [3.05, 3.63) is 120 Å². The third-order valence-electron chi connectivity index (χ3n) is 7.95. The number of carbonyl (C=O) groups is 1. The van der Waals surface area contributed by atoms with E-state index in [-0.39, 0.29) is 40.7 Å². The predicted octanol–water partition coefficient (Wildman–Crippen LogP) is 6.59. The van der Waals surface area contributed by atoms with Crippen molar-refractivity contribution in [3.63, 3.8) is 0 Å². The molecule has 4 aromatic heterocycles. The smallest absolute Gasteiger partial charge is 0.247 e. The highest BCUT2D eigenvalue weighted by Crippen LogP contribution is 2.34. The highest BCUT2D eigenvalue weighted by molar-refractivity contribution is 7.80. The van der Waals surface area contributed by atoms with Gasteiger partial charge in [-0.05, 0) is 55.9 Å². The average molecular weight is 754 g/mol. The van der Waals surface area contributed by atoms with Crippen LogP contribution in [0.4, 0.5) is 20.2 Å². The summed E-state index contributed by atoms with van der Waals surface area (Å²) < 4.78 is 53.5. The van der Waals surface area contributed by atoms with Gasteiger partial charge in [-0.25, -0.2) is 17.8 Å². The summed E-state index contributed by atoms with van der Waals surface area (Å²) in [6, 6.07) is 17.7. The van der Waals surface area contributed by atoms with Gasteiger partial charge in [-0.3, -0.25) is 4.79 Å². The van der Waals surface area contributed by atoms with Crippen LogP contribution in [0.1, 0.15) is 16.7 Å². The fourth-order valence-corrected chi connectivity index (χ4v) is 5.59. The van der Waals surface area contributed by atoms with Gasteiger partial charge >= 0.3 is 0 Å². The lowest BCUT2D eigenvalue weighted by atomic mass is 10.1. The van der Waals surface area contributed by atoms with Crippen LogP contribution in [0.25, 0.3) is 11.0 Å². The Labute approximate surface area is 312 Å². The summed E-state index contributed by atoms with van der Waals surface area (Å²) in [5.74, 6) is 0.258. The van der Waals surface area contributed by atoms with Crippen LogP contribution in [0.3, 0.4) is 0 Å². The van der Waals surface area contributed by atoms with Gasteiger partial charge in [0.1, 0.15) is 35.2 Å². The van der Waals surface area contributed by atoms with Gasteiger partial charge < -0.3 is 35.3 Å². The molecule has 0 atom stereocenters. The molecule has 3 aromatic carbocycles. The molecule has 7 rings (SSSR count). The van der Waals surface area contributed by atoms with E-state index in [1.807, 2.05) is 44.2 Å². The number of anilines is 2. The van der Waals surface area contributed by atoms with E-state index in [0.29, 0.717) is 33.9 Å². The Kier molecular flexibility index (Phi) is 11.1. The number of rotatable bonds is 9. The lowest BCUT2D eigenvalue weighted by Gasteiger charge is -2.12. The quantitative estimate of drug-likeness (QED) is 0.107. The minimum absolute atomic E-state index is 0.0280. The van der Waals surface area contributed by atoms with Gasteiger partial charge in [-0.1, -0.05) is 30.3 Å². The molecule has 4 heterocycles. The second-order valence-corrected chi connectivity index (χ2v) is 12.0. The molecule has 0 aliphatic rings. The zero-order chi connectivity index (χ0) is 38.4. The number of aromatic nitrogens is 6. The lowest BCUT2D eigenvalue weighted by molar-refractivity contribution is -0.119. The monoisotopic (exact) mass is 753 g/mol. The number of amides is 1. The second kappa shape index (κ2) is 16.2. The Bertz CT molecular complexity index is 2480. The van der Waals surface area contributed by atoms with Gasteiger partial charge in [0, 0.05) is 34.6 Å². The number of nitrogen functional groups attached to an aromatic ring is 1. The van der Waals surface area contributed by atoms with Crippen LogP contribution in [-0.2, 0) is 11.2 Å². The van der Waals surface area contributed by atoms with Crippen LogP contribution in [0, 0.1) is 25.5 Å².